The first-order chi connectivity index (χ1) is 12.9. The fraction of sp³-hybridized carbons (Fsp3) is 0.474. The third kappa shape index (κ3) is 4.56. The van der Waals surface area contributed by atoms with E-state index in [0.717, 1.165) is 12.0 Å². The van der Waals surface area contributed by atoms with Crippen molar-refractivity contribution in [2.75, 3.05) is 17.6 Å². The van der Waals surface area contributed by atoms with Gasteiger partial charge < -0.3 is 9.73 Å². The fourth-order valence-electron chi connectivity index (χ4n) is 3.22. The second-order valence-corrected chi connectivity index (χ2v) is 8.79. The number of rotatable bonds is 7. The molecule has 0 aliphatic carbocycles. The molecule has 2 aromatic rings. The molecule has 0 bridgehead atoms. The molecule has 0 saturated carbocycles. The highest BCUT2D eigenvalue weighted by Gasteiger charge is 2.38. The molecular formula is C19H25N3O4S. The molecule has 7 nitrogen and oxygen atoms in total. The van der Waals surface area contributed by atoms with Crippen LogP contribution in [-0.4, -0.2) is 42.0 Å². The summed E-state index contributed by atoms with van der Waals surface area (Å²) in [4.78, 5) is 16.7. The molecule has 0 spiro atoms. The number of nitrogens with zero attached hydrogens (tertiary/aromatic N) is 2. The van der Waals surface area contributed by atoms with Crippen molar-refractivity contribution in [2.24, 2.45) is 0 Å². The molecule has 1 aliphatic rings. The molecule has 0 unspecified atom stereocenters. The Bertz CT molecular complexity index is 890. The zero-order chi connectivity index (χ0) is 19.4. The largest absolute Gasteiger partial charge is 0.441 e. The number of aryl methyl sites for hydroxylation is 1. The van der Waals surface area contributed by atoms with Crippen molar-refractivity contribution >= 4 is 21.6 Å². The first-order valence-corrected chi connectivity index (χ1v) is 10.8. The Morgan fingerprint density at radius 3 is 2.70 bits per heavy atom. The summed E-state index contributed by atoms with van der Waals surface area (Å²) in [7, 11) is -3.40. The Labute approximate surface area is 159 Å². The van der Waals surface area contributed by atoms with Crippen molar-refractivity contribution in [3.63, 3.8) is 0 Å². The summed E-state index contributed by atoms with van der Waals surface area (Å²) < 4.78 is 31.8. The minimum atomic E-state index is -3.40. The first-order valence-electron chi connectivity index (χ1n) is 9.24. The van der Waals surface area contributed by atoms with Gasteiger partial charge in [-0.15, -0.1) is 0 Å². The highest BCUT2D eigenvalue weighted by atomic mass is 32.2. The van der Waals surface area contributed by atoms with Gasteiger partial charge in [-0.05, 0) is 43.5 Å². The molecule has 1 saturated heterocycles. The van der Waals surface area contributed by atoms with Gasteiger partial charge in [0.2, 0.25) is 15.9 Å². The zero-order valence-corrected chi connectivity index (χ0v) is 16.5. The fourth-order valence-corrected chi connectivity index (χ4v) is 5.10. The first kappa shape index (κ1) is 19.6. The molecule has 1 atom stereocenters. The van der Waals surface area contributed by atoms with Crippen LogP contribution >= 0.6 is 0 Å². The summed E-state index contributed by atoms with van der Waals surface area (Å²) in [6, 6.07) is 6.58. The van der Waals surface area contributed by atoms with Gasteiger partial charge in [0.15, 0.2) is 11.7 Å². The summed E-state index contributed by atoms with van der Waals surface area (Å²) in [5.74, 6) is 1.07. The van der Waals surface area contributed by atoms with Crippen molar-refractivity contribution in [3.05, 3.63) is 36.4 Å². The van der Waals surface area contributed by atoms with E-state index in [-0.39, 0.29) is 11.7 Å². The maximum absolute atomic E-state index is 12.7. The lowest BCUT2D eigenvalue weighted by molar-refractivity contribution is -0.119. The number of amides is 1. The summed E-state index contributed by atoms with van der Waals surface area (Å²) in [6.07, 6.45) is 4.32. The summed E-state index contributed by atoms with van der Waals surface area (Å²) in [5.41, 5.74) is 1.48. The van der Waals surface area contributed by atoms with Gasteiger partial charge in [-0.2, -0.15) is 4.31 Å². The van der Waals surface area contributed by atoms with E-state index < -0.39 is 16.1 Å². The molecule has 1 aromatic carbocycles. The predicted molar refractivity (Wildman–Crippen MR) is 104 cm³/mol. The second kappa shape index (κ2) is 8.22. The maximum atomic E-state index is 12.7. The van der Waals surface area contributed by atoms with Crippen LogP contribution in [0.3, 0.4) is 0 Å². The van der Waals surface area contributed by atoms with Crippen LogP contribution in [0.4, 0.5) is 5.69 Å². The van der Waals surface area contributed by atoms with Gasteiger partial charge in [0, 0.05) is 24.7 Å². The summed E-state index contributed by atoms with van der Waals surface area (Å²) >= 11 is 0. The lowest BCUT2D eigenvalue weighted by Gasteiger charge is -2.23. The van der Waals surface area contributed by atoms with E-state index in [1.54, 1.807) is 25.3 Å². The monoisotopic (exact) mass is 391 g/mol. The normalized spacial score (nSPS) is 17.9. The number of sulfonamides is 1. The predicted octanol–water partition coefficient (Wildman–Crippen LogP) is 3.18. The Morgan fingerprint density at radius 2 is 2.07 bits per heavy atom. The highest BCUT2D eigenvalue weighted by molar-refractivity contribution is 7.89. The number of hydrogen-bond donors (Lipinski definition) is 1. The Morgan fingerprint density at radius 1 is 1.33 bits per heavy atom. The third-order valence-corrected chi connectivity index (χ3v) is 6.63. The molecule has 8 heteroatoms. The van der Waals surface area contributed by atoms with Crippen LogP contribution in [0, 0.1) is 6.92 Å². The number of oxazole rings is 1. The van der Waals surface area contributed by atoms with Crippen molar-refractivity contribution in [3.8, 4) is 11.3 Å². The topological polar surface area (TPSA) is 92.5 Å². The van der Waals surface area contributed by atoms with Crippen LogP contribution in [0.2, 0.25) is 0 Å². The van der Waals surface area contributed by atoms with E-state index in [2.05, 4.69) is 10.3 Å². The molecule has 146 valence electrons. The SMILES string of the molecule is CCCCS(=O)(=O)N1CCC[C@@H]1C(=O)Nc1ccc(-c2cnc(C)o2)cc1. The van der Waals surface area contributed by atoms with E-state index in [0.29, 0.717) is 43.1 Å². The van der Waals surface area contributed by atoms with Crippen molar-refractivity contribution in [1.29, 1.82) is 0 Å². The van der Waals surface area contributed by atoms with Gasteiger partial charge in [-0.1, -0.05) is 13.3 Å². The van der Waals surface area contributed by atoms with E-state index in [1.165, 1.54) is 4.31 Å². The molecule has 1 aliphatic heterocycles. The summed E-state index contributed by atoms with van der Waals surface area (Å²) in [6.45, 7) is 4.14. The van der Waals surface area contributed by atoms with Gasteiger partial charge in [-0.3, -0.25) is 4.79 Å². The Balaban J connectivity index is 1.67. The maximum Gasteiger partial charge on any atom is 0.242 e. The molecule has 1 fully saturated rings. The van der Waals surface area contributed by atoms with Crippen molar-refractivity contribution in [2.45, 2.75) is 45.6 Å². The van der Waals surface area contributed by atoms with Gasteiger partial charge in [0.25, 0.3) is 0 Å². The smallest absolute Gasteiger partial charge is 0.242 e. The number of benzene rings is 1. The van der Waals surface area contributed by atoms with Gasteiger partial charge >= 0.3 is 0 Å². The average molecular weight is 391 g/mol. The number of hydrogen-bond acceptors (Lipinski definition) is 5. The number of aromatic nitrogens is 1. The van der Waals surface area contributed by atoms with E-state index in [1.807, 2.05) is 19.1 Å². The lowest BCUT2D eigenvalue weighted by atomic mass is 10.1. The van der Waals surface area contributed by atoms with Crippen LogP contribution < -0.4 is 5.32 Å². The van der Waals surface area contributed by atoms with Crippen LogP contribution in [0.15, 0.2) is 34.9 Å². The zero-order valence-electron chi connectivity index (χ0n) is 15.6. The van der Waals surface area contributed by atoms with Crippen LogP contribution in [0.5, 0.6) is 0 Å². The molecular weight excluding hydrogens is 366 g/mol. The molecule has 1 amide bonds. The Kier molecular flexibility index (Phi) is 5.96. The molecule has 0 radical (unpaired) electrons. The number of nitrogens with one attached hydrogen (secondary N) is 1. The molecule has 1 aromatic heterocycles. The van der Waals surface area contributed by atoms with Gasteiger partial charge in [0.1, 0.15) is 6.04 Å². The van der Waals surface area contributed by atoms with Crippen LogP contribution in [0.1, 0.15) is 38.5 Å². The van der Waals surface area contributed by atoms with Crippen molar-refractivity contribution in [1.82, 2.24) is 9.29 Å². The van der Waals surface area contributed by atoms with Crippen LogP contribution in [-0.2, 0) is 14.8 Å². The number of carbonyl (C=O) groups excluding carboxylic acids is 1. The highest BCUT2D eigenvalue weighted by Crippen LogP contribution is 2.25. The lowest BCUT2D eigenvalue weighted by Crippen LogP contribution is -2.44. The van der Waals surface area contributed by atoms with E-state index >= 15 is 0 Å². The van der Waals surface area contributed by atoms with E-state index in [9.17, 15) is 13.2 Å². The standard InChI is InChI=1S/C19H25N3O4S/c1-3-4-12-27(24,25)22-11-5-6-17(22)19(23)21-16-9-7-15(8-10-16)18-13-20-14(2)26-18/h7-10,13,17H,3-6,11-12H2,1-2H3,(H,21,23)/t17-/m1/s1. The molecule has 1 N–H and O–H groups in total. The van der Waals surface area contributed by atoms with Gasteiger partial charge in [0.05, 0.1) is 11.9 Å². The molecule has 2 heterocycles. The van der Waals surface area contributed by atoms with Crippen molar-refractivity contribution < 1.29 is 17.6 Å². The number of unbranched alkanes of at least 4 members (excludes halogenated alkanes) is 1. The van der Waals surface area contributed by atoms with E-state index in [4.69, 9.17) is 4.42 Å². The molecule has 27 heavy (non-hydrogen) atoms. The molecule has 3 rings (SSSR count). The number of carbonyl (C=O) groups is 1. The van der Waals surface area contributed by atoms with Gasteiger partial charge in [-0.25, -0.2) is 13.4 Å². The average Bonchev–Trinajstić information content (AvgIpc) is 3.30. The quantitative estimate of drug-likeness (QED) is 0.782. The Hall–Kier alpha value is -2.19. The third-order valence-electron chi connectivity index (χ3n) is 4.68. The minimum Gasteiger partial charge on any atom is -0.441 e. The van der Waals surface area contributed by atoms with Crippen LogP contribution in [0.25, 0.3) is 11.3 Å². The second-order valence-electron chi connectivity index (χ2n) is 6.75. The number of anilines is 1. The minimum absolute atomic E-state index is 0.0958. The summed E-state index contributed by atoms with van der Waals surface area (Å²) in [5, 5.41) is 2.83.